The number of aryl methyl sites for hydroxylation is 1. The average molecular weight is 486 g/mol. The number of ether oxygens (including phenoxy) is 1. The lowest BCUT2D eigenvalue weighted by Gasteiger charge is -2.33. The summed E-state index contributed by atoms with van der Waals surface area (Å²) in [7, 11) is 0. The van der Waals surface area contributed by atoms with Crippen molar-refractivity contribution in [3.8, 4) is 0 Å². The Bertz CT molecular complexity index is 1160. The van der Waals surface area contributed by atoms with Gasteiger partial charge in [0.25, 0.3) is 0 Å². The molecule has 3 aromatic rings. The monoisotopic (exact) mass is 485 g/mol. The van der Waals surface area contributed by atoms with Gasteiger partial charge in [-0.15, -0.1) is 11.3 Å². The molecule has 3 aromatic heterocycles. The van der Waals surface area contributed by atoms with E-state index < -0.39 is 5.60 Å². The Morgan fingerprint density at radius 1 is 1.21 bits per heavy atom. The van der Waals surface area contributed by atoms with E-state index in [1.54, 1.807) is 0 Å². The summed E-state index contributed by atoms with van der Waals surface area (Å²) in [5, 5.41) is 3.56. The van der Waals surface area contributed by atoms with Gasteiger partial charge in [0.15, 0.2) is 5.82 Å². The number of rotatable bonds is 5. The number of imidazole rings is 1. The number of unbranched alkanes of at least 4 members (excludes halogenated alkanes) is 1. The minimum absolute atomic E-state index is 0.108. The van der Waals surface area contributed by atoms with Gasteiger partial charge in [-0.2, -0.15) is 0 Å². The minimum Gasteiger partial charge on any atom is -0.444 e. The quantitative estimate of drug-likeness (QED) is 0.413. The van der Waals surface area contributed by atoms with Crippen LogP contribution in [0.5, 0.6) is 0 Å². The van der Waals surface area contributed by atoms with Crippen LogP contribution in [0.3, 0.4) is 0 Å². The number of carbonyl (C=O) groups excluding carboxylic acids is 1. The second kappa shape index (κ2) is 9.36. The maximum Gasteiger partial charge on any atom is 0.410 e. The first-order valence-corrected chi connectivity index (χ1v) is 13.3. The highest BCUT2D eigenvalue weighted by Gasteiger charge is 2.29. The van der Waals surface area contributed by atoms with Crippen molar-refractivity contribution < 1.29 is 9.53 Å². The molecule has 1 saturated heterocycles. The van der Waals surface area contributed by atoms with Crippen molar-refractivity contribution in [1.82, 2.24) is 19.9 Å². The number of fused-ring (bicyclic) bond motifs is 3. The summed E-state index contributed by atoms with van der Waals surface area (Å²) in [5.41, 5.74) is 2.46. The molecule has 4 rings (SSSR count). The number of pyridine rings is 1. The summed E-state index contributed by atoms with van der Waals surface area (Å²) in [4.78, 5) is 29.2. The van der Waals surface area contributed by atoms with Crippen LogP contribution >= 0.6 is 11.3 Å². The number of aromatic nitrogens is 3. The van der Waals surface area contributed by atoms with Crippen LogP contribution in [-0.4, -0.2) is 50.2 Å². The van der Waals surface area contributed by atoms with Gasteiger partial charge >= 0.3 is 6.09 Å². The van der Waals surface area contributed by atoms with Crippen molar-refractivity contribution in [2.75, 3.05) is 18.4 Å². The van der Waals surface area contributed by atoms with E-state index in [0.29, 0.717) is 5.92 Å². The van der Waals surface area contributed by atoms with Crippen LogP contribution in [-0.2, 0) is 11.2 Å². The summed E-state index contributed by atoms with van der Waals surface area (Å²) < 4.78 is 6.73. The van der Waals surface area contributed by atoms with Crippen LogP contribution < -0.4 is 5.32 Å². The van der Waals surface area contributed by atoms with Gasteiger partial charge in [0, 0.05) is 29.9 Å². The Labute approximate surface area is 206 Å². The molecule has 1 fully saturated rings. The first-order chi connectivity index (χ1) is 15.9. The number of piperidine rings is 1. The SMILES string of the molecule is CCCCc1nc2c(NC(C)(C)C)nc3cc(C4CCN(C(=O)OC(C)(C)C)CC4)sc3c2[nH]1. The number of H-pyrrole nitrogens is 1. The van der Waals surface area contributed by atoms with E-state index in [0.717, 1.165) is 73.4 Å². The fourth-order valence-electron chi connectivity index (χ4n) is 4.37. The molecule has 0 saturated carbocycles. The Morgan fingerprint density at radius 3 is 2.53 bits per heavy atom. The van der Waals surface area contributed by atoms with Gasteiger partial charge in [-0.1, -0.05) is 13.3 Å². The molecule has 0 unspecified atom stereocenters. The maximum absolute atomic E-state index is 12.5. The molecular formula is C26H39N5O2S. The number of hydrogen-bond donors (Lipinski definition) is 2. The van der Waals surface area contributed by atoms with Crippen LogP contribution in [0.25, 0.3) is 21.3 Å². The van der Waals surface area contributed by atoms with Crippen molar-refractivity contribution in [1.29, 1.82) is 0 Å². The van der Waals surface area contributed by atoms with Crippen molar-refractivity contribution in [3.63, 3.8) is 0 Å². The molecule has 1 aliphatic heterocycles. The predicted molar refractivity (Wildman–Crippen MR) is 141 cm³/mol. The van der Waals surface area contributed by atoms with Crippen molar-refractivity contribution >= 4 is 44.5 Å². The van der Waals surface area contributed by atoms with Crippen LogP contribution in [0.2, 0.25) is 0 Å². The van der Waals surface area contributed by atoms with E-state index in [4.69, 9.17) is 14.7 Å². The maximum atomic E-state index is 12.5. The second-order valence-corrected chi connectivity index (χ2v) is 12.5. The number of amides is 1. The van der Waals surface area contributed by atoms with Gasteiger partial charge in [0.1, 0.15) is 16.9 Å². The standard InChI is InChI=1S/C26H39N5O2S/c1-8-9-10-19-28-20-21(29-19)23(30-25(2,3)4)27-17-15-18(34-22(17)20)16-11-13-31(14-12-16)24(32)33-26(5,6)7/h15-16H,8-14H2,1-7H3,(H,27,30)(H,28,29). The van der Waals surface area contributed by atoms with Gasteiger partial charge in [-0.25, -0.2) is 14.8 Å². The second-order valence-electron chi connectivity index (χ2n) is 11.5. The van der Waals surface area contributed by atoms with Crippen molar-refractivity contribution in [3.05, 3.63) is 16.8 Å². The number of anilines is 1. The predicted octanol–water partition coefficient (Wildman–Crippen LogP) is 6.84. The van der Waals surface area contributed by atoms with E-state index in [9.17, 15) is 4.79 Å². The largest absolute Gasteiger partial charge is 0.444 e. The van der Waals surface area contributed by atoms with Crippen LogP contribution in [0.15, 0.2) is 6.07 Å². The summed E-state index contributed by atoms with van der Waals surface area (Å²) in [5.74, 6) is 2.30. The lowest BCUT2D eigenvalue weighted by atomic mass is 9.95. The molecule has 1 amide bonds. The summed E-state index contributed by atoms with van der Waals surface area (Å²) >= 11 is 1.82. The first kappa shape index (κ1) is 24.8. The molecule has 0 atom stereocenters. The third-order valence-corrected chi connectivity index (χ3v) is 7.28. The van der Waals surface area contributed by atoms with Crippen LogP contribution in [0.4, 0.5) is 10.6 Å². The molecule has 8 heteroatoms. The molecule has 0 radical (unpaired) electrons. The van der Waals surface area contributed by atoms with Crippen LogP contribution in [0, 0.1) is 0 Å². The molecule has 4 heterocycles. The average Bonchev–Trinajstić information content (AvgIpc) is 3.34. The van der Waals surface area contributed by atoms with Crippen LogP contribution in [0.1, 0.15) is 90.8 Å². The Hall–Kier alpha value is -2.35. The van der Waals surface area contributed by atoms with E-state index in [1.807, 2.05) is 37.0 Å². The van der Waals surface area contributed by atoms with Gasteiger partial charge in [0.2, 0.25) is 0 Å². The lowest BCUT2D eigenvalue weighted by Crippen LogP contribution is -2.41. The first-order valence-electron chi connectivity index (χ1n) is 12.5. The topological polar surface area (TPSA) is 83.1 Å². The summed E-state index contributed by atoms with van der Waals surface area (Å²) in [6.45, 7) is 15.8. The highest BCUT2D eigenvalue weighted by Crippen LogP contribution is 2.40. The third kappa shape index (κ3) is 5.65. The van der Waals surface area contributed by atoms with E-state index in [2.05, 4.69) is 44.1 Å². The summed E-state index contributed by atoms with van der Waals surface area (Å²) in [6, 6.07) is 2.24. The van der Waals surface area contributed by atoms with Gasteiger partial charge < -0.3 is 19.9 Å². The number of likely N-dealkylation sites (tertiary alicyclic amines) is 1. The molecule has 2 N–H and O–H groups in total. The van der Waals surface area contributed by atoms with Crippen molar-refractivity contribution in [2.24, 2.45) is 0 Å². The fourth-order valence-corrected chi connectivity index (χ4v) is 5.64. The highest BCUT2D eigenvalue weighted by molar-refractivity contribution is 7.20. The Balaban J connectivity index is 1.61. The van der Waals surface area contributed by atoms with E-state index in [1.165, 1.54) is 9.58 Å². The number of thiophene rings is 1. The molecule has 0 spiro atoms. The molecular weight excluding hydrogens is 446 g/mol. The Morgan fingerprint density at radius 2 is 1.91 bits per heavy atom. The lowest BCUT2D eigenvalue weighted by molar-refractivity contribution is 0.0205. The summed E-state index contributed by atoms with van der Waals surface area (Å²) in [6.07, 6.45) is 4.87. The molecule has 7 nitrogen and oxygen atoms in total. The zero-order chi connectivity index (χ0) is 24.7. The zero-order valence-electron chi connectivity index (χ0n) is 21.7. The highest BCUT2D eigenvalue weighted by atomic mass is 32.1. The van der Waals surface area contributed by atoms with Gasteiger partial charge in [0.05, 0.1) is 15.7 Å². The molecule has 34 heavy (non-hydrogen) atoms. The van der Waals surface area contributed by atoms with E-state index in [-0.39, 0.29) is 11.6 Å². The fraction of sp³-hybridized carbons (Fsp3) is 0.654. The number of nitrogens with one attached hydrogen (secondary N) is 2. The zero-order valence-corrected chi connectivity index (χ0v) is 22.5. The minimum atomic E-state index is -0.463. The molecule has 186 valence electrons. The van der Waals surface area contributed by atoms with Gasteiger partial charge in [-0.05, 0) is 72.8 Å². The Kier molecular flexibility index (Phi) is 6.82. The smallest absolute Gasteiger partial charge is 0.410 e. The molecule has 1 aliphatic rings. The van der Waals surface area contributed by atoms with Crippen molar-refractivity contribution in [2.45, 2.75) is 97.6 Å². The van der Waals surface area contributed by atoms with Gasteiger partial charge in [-0.3, -0.25) is 0 Å². The normalized spacial score (nSPS) is 15.9. The number of aromatic amines is 1. The number of hydrogen-bond acceptors (Lipinski definition) is 6. The molecule has 0 aliphatic carbocycles. The molecule has 0 bridgehead atoms. The third-order valence-electron chi connectivity index (χ3n) is 5.98. The van der Waals surface area contributed by atoms with E-state index >= 15 is 0 Å². The molecule has 0 aromatic carbocycles. The number of nitrogens with zero attached hydrogens (tertiary/aromatic N) is 3. The number of carbonyl (C=O) groups is 1.